The first-order valence-corrected chi connectivity index (χ1v) is 7.65. The van der Waals surface area contributed by atoms with E-state index in [1.165, 1.54) is 0 Å². The van der Waals surface area contributed by atoms with Crippen LogP contribution < -0.4 is 5.32 Å². The number of rotatable bonds is 3. The number of nitrogens with zero attached hydrogens (tertiary/aromatic N) is 1. The van der Waals surface area contributed by atoms with Crippen molar-refractivity contribution in [3.8, 4) is 0 Å². The molecule has 23 heavy (non-hydrogen) atoms. The molecule has 1 heterocycles. The molecule has 4 heteroatoms. The lowest BCUT2D eigenvalue weighted by Crippen LogP contribution is -2.28. The summed E-state index contributed by atoms with van der Waals surface area (Å²) in [5.74, 6) is -0.0819. The molecule has 0 fully saturated rings. The molecule has 0 radical (unpaired) electrons. The van der Waals surface area contributed by atoms with Gasteiger partial charge in [0.05, 0.1) is 5.41 Å². The second kappa shape index (κ2) is 5.54. The number of hydrogen-bond donors (Lipinski definition) is 1. The number of benzene rings is 2. The van der Waals surface area contributed by atoms with Gasteiger partial charge in [0.2, 0.25) is 5.91 Å². The molecule has 118 valence electrons. The number of hydrogen-bond acceptors (Lipinski definition) is 2. The number of fused-ring (bicyclic) bond motifs is 1. The van der Waals surface area contributed by atoms with Crippen LogP contribution in [0.15, 0.2) is 48.5 Å². The summed E-state index contributed by atoms with van der Waals surface area (Å²) in [6.45, 7) is 4.30. The second-order valence-corrected chi connectivity index (χ2v) is 6.49. The average molecular weight is 308 g/mol. The van der Waals surface area contributed by atoms with Crippen molar-refractivity contribution in [2.75, 3.05) is 12.4 Å². The van der Waals surface area contributed by atoms with E-state index >= 15 is 0 Å². The molecule has 0 saturated carbocycles. The van der Waals surface area contributed by atoms with E-state index in [9.17, 15) is 9.59 Å². The molecule has 0 unspecified atom stereocenters. The molecule has 1 aliphatic heterocycles. The Bertz CT molecular complexity index is 766. The van der Waals surface area contributed by atoms with Crippen molar-refractivity contribution in [1.29, 1.82) is 0 Å². The van der Waals surface area contributed by atoms with Gasteiger partial charge in [-0.05, 0) is 43.2 Å². The van der Waals surface area contributed by atoms with Crippen LogP contribution in [0.3, 0.4) is 0 Å². The van der Waals surface area contributed by atoms with Crippen LogP contribution >= 0.6 is 0 Å². The molecule has 2 aromatic rings. The fourth-order valence-electron chi connectivity index (χ4n) is 2.85. The lowest BCUT2D eigenvalue weighted by molar-refractivity contribution is -0.119. The predicted octanol–water partition coefficient (Wildman–Crippen LogP) is 3.19. The highest BCUT2D eigenvalue weighted by molar-refractivity contribution is 6.07. The quantitative estimate of drug-likeness (QED) is 0.946. The third-order valence-corrected chi connectivity index (χ3v) is 4.36. The Morgan fingerprint density at radius 2 is 1.83 bits per heavy atom. The summed E-state index contributed by atoms with van der Waals surface area (Å²) < 4.78 is 0. The SMILES string of the molecule is CN(Cc1ccccc1)C(=O)c1ccc2c(c1)C(C)(C)C(=O)N2. The lowest BCUT2D eigenvalue weighted by Gasteiger charge is -2.19. The number of carbonyl (C=O) groups is 2. The van der Waals surface area contributed by atoms with Gasteiger partial charge in [-0.15, -0.1) is 0 Å². The maximum absolute atomic E-state index is 12.7. The number of amides is 2. The molecule has 0 aliphatic carbocycles. The van der Waals surface area contributed by atoms with E-state index in [4.69, 9.17) is 0 Å². The molecule has 1 N–H and O–H groups in total. The zero-order valence-corrected chi connectivity index (χ0v) is 13.6. The minimum atomic E-state index is -0.608. The van der Waals surface area contributed by atoms with Gasteiger partial charge in [-0.1, -0.05) is 30.3 Å². The monoisotopic (exact) mass is 308 g/mol. The lowest BCUT2D eigenvalue weighted by atomic mass is 9.85. The fraction of sp³-hybridized carbons (Fsp3) is 0.263. The van der Waals surface area contributed by atoms with Crippen molar-refractivity contribution in [3.05, 3.63) is 65.2 Å². The van der Waals surface area contributed by atoms with Crippen LogP contribution in [0.4, 0.5) is 5.69 Å². The Kier molecular flexibility index (Phi) is 3.68. The molecule has 3 rings (SSSR count). The van der Waals surface area contributed by atoms with Crippen LogP contribution in [0.2, 0.25) is 0 Å². The van der Waals surface area contributed by atoms with Gasteiger partial charge < -0.3 is 10.2 Å². The first-order chi connectivity index (χ1) is 10.9. The second-order valence-electron chi connectivity index (χ2n) is 6.49. The Morgan fingerprint density at radius 1 is 1.13 bits per heavy atom. The summed E-state index contributed by atoms with van der Waals surface area (Å²) in [5.41, 5.74) is 2.75. The highest BCUT2D eigenvalue weighted by Gasteiger charge is 2.38. The van der Waals surface area contributed by atoms with Crippen LogP contribution in [0.25, 0.3) is 0 Å². The van der Waals surface area contributed by atoms with Crippen molar-refractivity contribution >= 4 is 17.5 Å². The van der Waals surface area contributed by atoms with E-state index in [0.29, 0.717) is 12.1 Å². The summed E-state index contributed by atoms with van der Waals surface area (Å²) in [4.78, 5) is 26.4. The van der Waals surface area contributed by atoms with E-state index in [1.807, 2.05) is 56.3 Å². The van der Waals surface area contributed by atoms with Crippen LogP contribution in [-0.4, -0.2) is 23.8 Å². The van der Waals surface area contributed by atoms with E-state index in [-0.39, 0.29) is 11.8 Å². The van der Waals surface area contributed by atoms with Gasteiger partial charge in [-0.2, -0.15) is 0 Å². The zero-order valence-electron chi connectivity index (χ0n) is 13.6. The molecule has 0 spiro atoms. The summed E-state index contributed by atoms with van der Waals surface area (Å²) in [6, 6.07) is 15.3. The molecule has 2 aromatic carbocycles. The smallest absolute Gasteiger partial charge is 0.253 e. The third kappa shape index (κ3) is 2.72. The third-order valence-electron chi connectivity index (χ3n) is 4.36. The minimum absolute atomic E-state index is 0.0326. The molecule has 2 amide bonds. The van der Waals surface area contributed by atoms with Crippen molar-refractivity contribution in [1.82, 2.24) is 4.90 Å². The summed E-state index contributed by atoms with van der Waals surface area (Å²) in [6.07, 6.45) is 0. The van der Waals surface area contributed by atoms with Gasteiger partial charge in [0.15, 0.2) is 0 Å². The molecule has 4 nitrogen and oxygen atoms in total. The first-order valence-electron chi connectivity index (χ1n) is 7.65. The molecular formula is C19H20N2O2. The van der Waals surface area contributed by atoms with Gasteiger partial charge in [0.1, 0.15) is 0 Å². The standard InChI is InChI=1S/C19H20N2O2/c1-19(2)15-11-14(9-10-16(15)20-18(19)23)17(22)21(3)12-13-7-5-4-6-8-13/h4-11H,12H2,1-3H3,(H,20,23). The van der Waals surface area contributed by atoms with Crippen LogP contribution in [0, 0.1) is 0 Å². The normalized spacial score (nSPS) is 15.0. The van der Waals surface area contributed by atoms with Gasteiger partial charge in [0.25, 0.3) is 5.91 Å². The van der Waals surface area contributed by atoms with Gasteiger partial charge in [0, 0.05) is 24.8 Å². The van der Waals surface area contributed by atoms with Crippen molar-refractivity contribution < 1.29 is 9.59 Å². The number of anilines is 1. The fourth-order valence-corrected chi connectivity index (χ4v) is 2.85. The topological polar surface area (TPSA) is 49.4 Å². The molecule has 0 saturated heterocycles. The highest BCUT2D eigenvalue weighted by atomic mass is 16.2. The van der Waals surface area contributed by atoms with Crippen LogP contribution in [0.1, 0.15) is 35.3 Å². The maximum Gasteiger partial charge on any atom is 0.253 e. The Morgan fingerprint density at radius 3 is 2.52 bits per heavy atom. The summed E-state index contributed by atoms with van der Waals surface area (Å²) in [5, 5.41) is 2.86. The van der Waals surface area contributed by atoms with Gasteiger partial charge in [-0.25, -0.2) is 0 Å². The van der Waals surface area contributed by atoms with E-state index in [0.717, 1.165) is 16.8 Å². The Labute approximate surface area is 136 Å². The first kappa shape index (κ1) is 15.3. The number of nitrogens with one attached hydrogen (secondary N) is 1. The molecule has 1 aliphatic rings. The molecule has 0 bridgehead atoms. The zero-order chi connectivity index (χ0) is 16.6. The van der Waals surface area contributed by atoms with Crippen molar-refractivity contribution in [2.45, 2.75) is 25.8 Å². The van der Waals surface area contributed by atoms with Crippen LogP contribution in [0.5, 0.6) is 0 Å². The number of carbonyl (C=O) groups excluding carboxylic acids is 2. The Balaban J connectivity index is 1.84. The highest BCUT2D eigenvalue weighted by Crippen LogP contribution is 2.37. The van der Waals surface area contributed by atoms with E-state index in [2.05, 4.69) is 5.32 Å². The van der Waals surface area contributed by atoms with E-state index in [1.54, 1.807) is 18.0 Å². The minimum Gasteiger partial charge on any atom is -0.337 e. The van der Waals surface area contributed by atoms with Crippen molar-refractivity contribution in [3.63, 3.8) is 0 Å². The summed E-state index contributed by atoms with van der Waals surface area (Å²) >= 11 is 0. The summed E-state index contributed by atoms with van der Waals surface area (Å²) in [7, 11) is 1.79. The maximum atomic E-state index is 12.7. The van der Waals surface area contributed by atoms with Crippen molar-refractivity contribution in [2.24, 2.45) is 0 Å². The van der Waals surface area contributed by atoms with Crippen LogP contribution in [-0.2, 0) is 16.8 Å². The molecule has 0 aromatic heterocycles. The molecular weight excluding hydrogens is 288 g/mol. The largest absolute Gasteiger partial charge is 0.337 e. The van der Waals surface area contributed by atoms with E-state index < -0.39 is 5.41 Å². The predicted molar refractivity (Wildman–Crippen MR) is 90.3 cm³/mol. The Hall–Kier alpha value is -2.62. The van der Waals surface area contributed by atoms with Gasteiger partial charge >= 0.3 is 0 Å². The molecule has 0 atom stereocenters. The van der Waals surface area contributed by atoms with Gasteiger partial charge in [-0.3, -0.25) is 9.59 Å². The average Bonchev–Trinajstić information content (AvgIpc) is 2.77.